The second kappa shape index (κ2) is 5.88. The van der Waals surface area contributed by atoms with Crippen LogP contribution in [-0.2, 0) is 13.6 Å². The van der Waals surface area contributed by atoms with Crippen molar-refractivity contribution in [2.75, 3.05) is 13.2 Å². The molecule has 19 heavy (non-hydrogen) atoms. The van der Waals surface area contributed by atoms with Crippen molar-refractivity contribution < 1.29 is 13.6 Å². The second-order valence-electron chi connectivity index (χ2n) is 4.14. The Bertz CT molecular complexity index is 586. The van der Waals surface area contributed by atoms with Gasteiger partial charge in [-0.1, -0.05) is 12.1 Å². The molecule has 0 saturated carbocycles. The van der Waals surface area contributed by atoms with E-state index in [-0.39, 0.29) is 0 Å². The minimum absolute atomic E-state index is 0.301. The van der Waals surface area contributed by atoms with Crippen LogP contribution in [0.2, 0.25) is 0 Å². The highest BCUT2D eigenvalue weighted by molar-refractivity contribution is 7.54. The van der Waals surface area contributed by atoms with Crippen LogP contribution < -0.4 is 5.73 Å². The summed E-state index contributed by atoms with van der Waals surface area (Å²) in [5.74, 6) is -0.778. The molecule has 0 bridgehead atoms. The zero-order valence-electron chi connectivity index (χ0n) is 11.1. The van der Waals surface area contributed by atoms with Crippen molar-refractivity contribution in [1.82, 2.24) is 4.98 Å². The summed E-state index contributed by atoms with van der Waals surface area (Å²) in [6, 6.07) is 7.63. The summed E-state index contributed by atoms with van der Waals surface area (Å²) in [4.78, 5) is 3.10. The fourth-order valence-electron chi connectivity index (χ4n) is 1.99. The smallest absolute Gasteiger partial charge is 0.351 e. The first-order valence-electron chi connectivity index (χ1n) is 6.32. The van der Waals surface area contributed by atoms with Crippen LogP contribution in [0.3, 0.4) is 0 Å². The van der Waals surface area contributed by atoms with Crippen molar-refractivity contribution in [2.45, 2.75) is 19.6 Å². The molecule has 0 aliphatic carbocycles. The summed E-state index contributed by atoms with van der Waals surface area (Å²) in [6.07, 6.45) is 1.85. The van der Waals surface area contributed by atoms with Crippen LogP contribution in [0.5, 0.6) is 0 Å². The molecule has 0 unspecified atom stereocenters. The highest BCUT2D eigenvalue weighted by Crippen LogP contribution is 2.58. The van der Waals surface area contributed by atoms with Gasteiger partial charge in [-0.05, 0) is 36.9 Å². The maximum atomic E-state index is 12.6. The molecule has 1 heterocycles. The maximum Gasteiger partial charge on any atom is 0.351 e. The Labute approximate surface area is 112 Å². The van der Waals surface area contributed by atoms with Crippen LogP contribution in [0.1, 0.15) is 25.2 Å². The van der Waals surface area contributed by atoms with E-state index in [0.29, 0.717) is 13.2 Å². The number of hydrogen-bond acceptors (Lipinski definition) is 4. The average Bonchev–Trinajstić information content (AvgIpc) is 2.85. The SMILES string of the molecule is CCOP(=O)(OCC)[C@@H](N)c1ccc2cc[nH]c2c1. The number of nitrogens with two attached hydrogens (primary N) is 1. The van der Waals surface area contributed by atoms with Gasteiger partial charge in [-0.2, -0.15) is 0 Å². The zero-order chi connectivity index (χ0) is 13.9. The molecular weight excluding hydrogens is 263 g/mol. The Balaban J connectivity index is 2.34. The van der Waals surface area contributed by atoms with E-state index in [9.17, 15) is 4.57 Å². The molecule has 6 heteroatoms. The number of aromatic nitrogens is 1. The van der Waals surface area contributed by atoms with E-state index in [1.807, 2.05) is 30.5 Å². The van der Waals surface area contributed by atoms with E-state index in [0.717, 1.165) is 16.5 Å². The lowest BCUT2D eigenvalue weighted by Gasteiger charge is -2.23. The molecule has 0 saturated heterocycles. The van der Waals surface area contributed by atoms with Crippen molar-refractivity contribution in [1.29, 1.82) is 0 Å². The van der Waals surface area contributed by atoms with Crippen LogP contribution in [0.15, 0.2) is 30.5 Å². The molecule has 2 aromatic rings. The predicted molar refractivity (Wildman–Crippen MR) is 76.1 cm³/mol. The minimum Gasteiger partial charge on any atom is -0.361 e. The second-order valence-corrected chi connectivity index (χ2v) is 6.30. The molecule has 104 valence electrons. The third-order valence-electron chi connectivity index (χ3n) is 2.88. The van der Waals surface area contributed by atoms with E-state index in [1.165, 1.54) is 0 Å². The normalized spacial score (nSPS) is 13.8. The minimum atomic E-state index is -3.33. The maximum absolute atomic E-state index is 12.6. The third-order valence-corrected chi connectivity index (χ3v) is 5.10. The highest BCUT2D eigenvalue weighted by atomic mass is 31.2. The molecule has 1 aromatic heterocycles. The van der Waals surface area contributed by atoms with Crippen LogP contribution >= 0.6 is 7.60 Å². The zero-order valence-corrected chi connectivity index (χ0v) is 12.0. The number of H-pyrrole nitrogens is 1. The first-order chi connectivity index (χ1) is 9.10. The van der Waals surface area contributed by atoms with Gasteiger partial charge in [0.05, 0.1) is 13.2 Å². The summed E-state index contributed by atoms with van der Waals surface area (Å²) in [6.45, 7) is 4.14. The fourth-order valence-corrected chi connectivity index (χ4v) is 3.63. The van der Waals surface area contributed by atoms with Gasteiger partial charge < -0.3 is 19.8 Å². The Morgan fingerprint density at radius 3 is 2.58 bits per heavy atom. The van der Waals surface area contributed by atoms with Crippen LogP contribution in [0, 0.1) is 0 Å². The highest BCUT2D eigenvalue weighted by Gasteiger charge is 2.33. The average molecular weight is 282 g/mol. The number of rotatable bonds is 6. The van der Waals surface area contributed by atoms with Crippen LogP contribution in [0.25, 0.3) is 10.9 Å². The number of benzene rings is 1. The van der Waals surface area contributed by atoms with E-state index >= 15 is 0 Å². The summed E-state index contributed by atoms with van der Waals surface area (Å²) in [7, 11) is -3.33. The van der Waals surface area contributed by atoms with E-state index < -0.39 is 13.4 Å². The quantitative estimate of drug-likeness (QED) is 0.796. The van der Waals surface area contributed by atoms with Gasteiger partial charge in [0.25, 0.3) is 0 Å². The molecule has 1 aromatic carbocycles. The third kappa shape index (κ3) is 2.90. The van der Waals surface area contributed by atoms with Crippen molar-refractivity contribution >= 4 is 18.5 Å². The number of aromatic amines is 1. The van der Waals surface area contributed by atoms with Crippen molar-refractivity contribution in [3.05, 3.63) is 36.0 Å². The molecule has 0 spiro atoms. The Hall–Kier alpha value is -1.13. The van der Waals surface area contributed by atoms with Gasteiger partial charge in [0, 0.05) is 11.7 Å². The van der Waals surface area contributed by atoms with Gasteiger partial charge in [0.15, 0.2) is 0 Å². The molecule has 3 N–H and O–H groups in total. The van der Waals surface area contributed by atoms with E-state index in [4.69, 9.17) is 14.8 Å². The summed E-state index contributed by atoms with van der Waals surface area (Å²) < 4.78 is 23.2. The predicted octanol–water partition coefficient (Wildman–Crippen LogP) is 3.39. The van der Waals surface area contributed by atoms with Gasteiger partial charge in [-0.3, -0.25) is 4.57 Å². The van der Waals surface area contributed by atoms with Gasteiger partial charge >= 0.3 is 7.60 Å². The van der Waals surface area contributed by atoms with E-state index in [1.54, 1.807) is 13.8 Å². The molecule has 0 aliphatic rings. The number of hydrogen-bond donors (Lipinski definition) is 2. The number of nitrogens with one attached hydrogen (secondary N) is 1. The molecule has 5 nitrogen and oxygen atoms in total. The van der Waals surface area contributed by atoms with Gasteiger partial charge in [-0.25, -0.2) is 0 Å². The summed E-state index contributed by atoms with van der Waals surface area (Å²) in [5.41, 5.74) is 7.77. The lowest BCUT2D eigenvalue weighted by molar-refractivity contribution is 0.212. The lowest BCUT2D eigenvalue weighted by atomic mass is 10.1. The van der Waals surface area contributed by atoms with Crippen LogP contribution in [-0.4, -0.2) is 18.2 Å². The van der Waals surface area contributed by atoms with Crippen molar-refractivity contribution in [2.24, 2.45) is 5.73 Å². The number of fused-ring (bicyclic) bond motifs is 1. The molecule has 0 fully saturated rings. The Morgan fingerprint density at radius 2 is 1.95 bits per heavy atom. The molecule has 1 atom stereocenters. The standard InChI is InChI=1S/C13H19N2O3P/c1-3-17-19(16,18-4-2)13(14)11-6-5-10-7-8-15-12(10)9-11/h5-9,13,15H,3-4,14H2,1-2H3/t13-/m1/s1. The summed E-state index contributed by atoms with van der Waals surface area (Å²) in [5, 5.41) is 1.08. The molecule has 0 aliphatic heterocycles. The Morgan fingerprint density at radius 1 is 1.26 bits per heavy atom. The molecule has 0 amide bonds. The van der Waals surface area contributed by atoms with Crippen LogP contribution in [0.4, 0.5) is 0 Å². The Kier molecular flexibility index (Phi) is 4.42. The fraction of sp³-hybridized carbons (Fsp3) is 0.385. The first kappa shape index (κ1) is 14.3. The van der Waals surface area contributed by atoms with Crippen molar-refractivity contribution in [3.8, 4) is 0 Å². The van der Waals surface area contributed by atoms with E-state index in [2.05, 4.69) is 4.98 Å². The topological polar surface area (TPSA) is 77.3 Å². The molecule has 2 rings (SSSR count). The largest absolute Gasteiger partial charge is 0.361 e. The van der Waals surface area contributed by atoms with Gasteiger partial charge in [0.1, 0.15) is 5.78 Å². The first-order valence-corrected chi connectivity index (χ1v) is 7.93. The molecular formula is C13H19N2O3P. The summed E-state index contributed by atoms with van der Waals surface area (Å²) >= 11 is 0. The molecule has 0 radical (unpaired) electrons. The van der Waals surface area contributed by atoms with Gasteiger partial charge in [-0.15, -0.1) is 0 Å². The van der Waals surface area contributed by atoms with Gasteiger partial charge in [0.2, 0.25) is 0 Å². The monoisotopic (exact) mass is 282 g/mol. The van der Waals surface area contributed by atoms with Crippen molar-refractivity contribution in [3.63, 3.8) is 0 Å². The lowest BCUT2D eigenvalue weighted by Crippen LogP contribution is -2.15.